The molecule has 2 N–H and O–H groups in total. The van der Waals surface area contributed by atoms with Crippen LogP contribution in [0.1, 0.15) is 69.7 Å². The van der Waals surface area contributed by atoms with Crippen LogP contribution in [0.25, 0.3) is 0 Å². The number of carbonyl (C=O) groups excluding carboxylic acids is 2. The Morgan fingerprint density at radius 2 is 1.89 bits per heavy atom. The van der Waals surface area contributed by atoms with Crippen molar-refractivity contribution in [2.24, 2.45) is 0 Å². The zero-order valence-electron chi connectivity index (χ0n) is 16.0. The minimum absolute atomic E-state index is 0.0730. The summed E-state index contributed by atoms with van der Waals surface area (Å²) >= 11 is 0.917. The Morgan fingerprint density at radius 3 is 2.41 bits per heavy atom. The number of hydrogen-bond acceptors (Lipinski definition) is 6. The number of thiophene rings is 1. The molecule has 0 unspecified atom stereocenters. The first-order valence-corrected chi connectivity index (χ1v) is 10.0. The molecule has 0 saturated heterocycles. The maximum Gasteiger partial charge on any atom is 0.408 e. The molecule has 27 heavy (non-hydrogen) atoms. The molecule has 1 saturated carbocycles. The topological polar surface area (TPSA) is 111 Å². The van der Waals surface area contributed by atoms with Crippen molar-refractivity contribution < 1.29 is 19.2 Å². The van der Waals surface area contributed by atoms with Gasteiger partial charge in [0.15, 0.2) is 0 Å². The lowest BCUT2D eigenvalue weighted by atomic mass is 9.90. The van der Waals surface area contributed by atoms with Gasteiger partial charge in [0.05, 0.1) is 16.0 Å². The standard InChI is InChI=1S/C18H27N3O5S/c1-17(2,3)26-16(23)20-18(8-6-4-5-7-9-18)12-19-15(22)13-10-14(21(24)25)27-11-13/h10-11H,4-9,12H2,1-3H3,(H,19,22)(H,20,23). The van der Waals surface area contributed by atoms with E-state index in [0.717, 1.165) is 49.9 Å². The molecule has 1 aromatic heterocycles. The van der Waals surface area contributed by atoms with Gasteiger partial charge in [0.2, 0.25) is 0 Å². The van der Waals surface area contributed by atoms with Gasteiger partial charge >= 0.3 is 11.1 Å². The normalized spacial score (nSPS) is 16.9. The van der Waals surface area contributed by atoms with E-state index in [1.54, 1.807) is 20.8 Å². The highest BCUT2D eigenvalue weighted by molar-refractivity contribution is 7.13. The van der Waals surface area contributed by atoms with E-state index in [1.807, 2.05) is 0 Å². The fourth-order valence-electron chi connectivity index (χ4n) is 3.16. The van der Waals surface area contributed by atoms with Crippen molar-refractivity contribution in [1.29, 1.82) is 0 Å². The summed E-state index contributed by atoms with van der Waals surface area (Å²) in [6, 6.07) is 1.26. The predicted octanol–water partition coefficient (Wildman–Crippen LogP) is 4.00. The van der Waals surface area contributed by atoms with Gasteiger partial charge in [-0.05, 0) is 33.6 Å². The van der Waals surface area contributed by atoms with Crippen molar-refractivity contribution in [2.45, 2.75) is 70.4 Å². The van der Waals surface area contributed by atoms with Gasteiger partial charge in [0.1, 0.15) is 5.60 Å². The minimum Gasteiger partial charge on any atom is -0.444 e. The van der Waals surface area contributed by atoms with Gasteiger partial charge in [-0.15, -0.1) is 0 Å². The Morgan fingerprint density at radius 1 is 1.26 bits per heavy atom. The van der Waals surface area contributed by atoms with Crippen LogP contribution in [0.4, 0.5) is 9.80 Å². The second-order valence-corrected chi connectivity index (χ2v) is 8.82. The Balaban J connectivity index is 2.05. The summed E-state index contributed by atoms with van der Waals surface area (Å²) in [5.41, 5.74) is -0.918. The molecular weight excluding hydrogens is 370 g/mol. The molecule has 2 amide bonds. The number of nitro groups is 1. The molecule has 0 atom stereocenters. The fourth-order valence-corrected chi connectivity index (χ4v) is 3.87. The van der Waals surface area contributed by atoms with Crippen LogP contribution in [0, 0.1) is 10.1 Å². The Kier molecular flexibility index (Phi) is 6.80. The maximum absolute atomic E-state index is 12.4. The smallest absolute Gasteiger partial charge is 0.408 e. The molecule has 0 aliphatic heterocycles. The molecular formula is C18H27N3O5S. The number of ether oxygens (including phenoxy) is 1. The summed E-state index contributed by atoms with van der Waals surface area (Å²) in [7, 11) is 0. The van der Waals surface area contributed by atoms with Crippen LogP contribution >= 0.6 is 11.3 Å². The van der Waals surface area contributed by atoms with E-state index in [0.29, 0.717) is 0 Å². The quantitative estimate of drug-likeness (QED) is 0.443. The monoisotopic (exact) mass is 397 g/mol. The number of nitrogens with zero attached hydrogens (tertiary/aromatic N) is 1. The van der Waals surface area contributed by atoms with Crippen molar-refractivity contribution >= 4 is 28.3 Å². The first-order valence-electron chi connectivity index (χ1n) is 9.13. The van der Waals surface area contributed by atoms with Crippen molar-refractivity contribution in [3.05, 3.63) is 27.1 Å². The molecule has 1 aliphatic rings. The number of amides is 2. The number of carbonyl (C=O) groups is 2. The van der Waals surface area contributed by atoms with Crippen LogP contribution in [0.2, 0.25) is 0 Å². The average molecular weight is 397 g/mol. The van der Waals surface area contributed by atoms with Gasteiger partial charge < -0.3 is 15.4 Å². The third kappa shape index (κ3) is 6.50. The lowest BCUT2D eigenvalue weighted by Crippen LogP contribution is -2.56. The third-order valence-electron chi connectivity index (χ3n) is 4.44. The fraction of sp³-hybridized carbons (Fsp3) is 0.667. The number of rotatable bonds is 5. The average Bonchev–Trinajstić information content (AvgIpc) is 2.94. The van der Waals surface area contributed by atoms with E-state index in [4.69, 9.17) is 4.74 Å². The van der Waals surface area contributed by atoms with Crippen LogP contribution in [0.15, 0.2) is 11.4 Å². The van der Waals surface area contributed by atoms with Gasteiger partial charge in [0.25, 0.3) is 5.91 Å². The molecule has 1 heterocycles. The largest absolute Gasteiger partial charge is 0.444 e. The molecule has 9 heteroatoms. The van der Waals surface area contributed by atoms with E-state index in [-0.39, 0.29) is 23.0 Å². The van der Waals surface area contributed by atoms with E-state index in [1.165, 1.54) is 11.4 Å². The summed E-state index contributed by atoms with van der Waals surface area (Å²) in [4.78, 5) is 35.0. The van der Waals surface area contributed by atoms with Crippen molar-refractivity contribution in [3.63, 3.8) is 0 Å². The van der Waals surface area contributed by atoms with E-state index in [2.05, 4.69) is 10.6 Å². The van der Waals surface area contributed by atoms with Gasteiger partial charge in [-0.1, -0.05) is 37.0 Å². The second-order valence-electron chi connectivity index (χ2n) is 7.93. The molecule has 0 aromatic carbocycles. The highest BCUT2D eigenvalue weighted by atomic mass is 32.1. The third-order valence-corrected chi connectivity index (χ3v) is 5.32. The lowest BCUT2D eigenvalue weighted by molar-refractivity contribution is -0.380. The van der Waals surface area contributed by atoms with Crippen LogP contribution in [-0.4, -0.2) is 34.6 Å². The van der Waals surface area contributed by atoms with Gasteiger partial charge in [-0.3, -0.25) is 14.9 Å². The highest BCUT2D eigenvalue weighted by Gasteiger charge is 2.34. The van der Waals surface area contributed by atoms with Gasteiger partial charge in [-0.25, -0.2) is 4.79 Å². The number of hydrogen-bond donors (Lipinski definition) is 2. The Labute approximate surface area is 162 Å². The molecule has 0 spiro atoms. The second kappa shape index (κ2) is 8.69. The first kappa shape index (κ1) is 21.1. The highest BCUT2D eigenvalue weighted by Crippen LogP contribution is 2.28. The Bertz CT molecular complexity index is 687. The SMILES string of the molecule is CC(C)(C)OC(=O)NC1(CNC(=O)c2csc([N+](=O)[O-])c2)CCCCCC1. The summed E-state index contributed by atoms with van der Waals surface area (Å²) in [5.74, 6) is -0.381. The zero-order chi connectivity index (χ0) is 20.1. The lowest BCUT2D eigenvalue weighted by Gasteiger charge is -2.35. The minimum atomic E-state index is -0.602. The summed E-state index contributed by atoms with van der Waals surface area (Å²) in [6.07, 6.45) is 5.08. The van der Waals surface area contributed by atoms with E-state index in [9.17, 15) is 19.7 Å². The van der Waals surface area contributed by atoms with Crippen molar-refractivity contribution in [3.8, 4) is 0 Å². The zero-order valence-corrected chi connectivity index (χ0v) is 16.8. The summed E-state index contributed by atoms with van der Waals surface area (Å²) in [5, 5.41) is 18.0. The summed E-state index contributed by atoms with van der Waals surface area (Å²) < 4.78 is 5.39. The molecule has 0 bridgehead atoms. The number of alkyl carbamates (subject to hydrolysis) is 1. The van der Waals surface area contributed by atoms with Gasteiger partial charge in [-0.2, -0.15) is 0 Å². The molecule has 150 valence electrons. The van der Waals surface area contributed by atoms with Crippen molar-refractivity contribution in [2.75, 3.05) is 6.54 Å². The van der Waals surface area contributed by atoms with Crippen LogP contribution < -0.4 is 10.6 Å². The van der Waals surface area contributed by atoms with Crippen LogP contribution in [0.5, 0.6) is 0 Å². The van der Waals surface area contributed by atoms with Crippen LogP contribution in [-0.2, 0) is 4.74 Å². The first-order chi connectivity index (χ1) is 12.6. The molecule has 8 nitrogen and oxygen atoms in total. The molecule has 1 aromatic rings. The van der Waals surface area contributed by atoms with Crippen LogP contribution in [0.3, 0.4) is 0 Å². The molecule has 1 fully saturated rings. The van der Waals surface area contributed by atoms with E-state index < -0.39 is 22.2 Å². The van der Waals surface area contributed by atoms with Gasteiger partial charge in [0, 0.05) is 18.0 Å². The Hall–Kier alpha value is -2.16. The summed E-state index contributed by atoms with van der Waals surface area (Å²) in [6.45, 7) is 5.67. The predicted molar refractivity (Wildman–Crippen MR) is 103 cm³/mol. The number of nitrogens with one attached hydrogen (secondary N) is 2. The molecule has 1 aliphatic carbocycles. The van der Waals surface area contributed by atoms with Crippen molar-refractivity contribution in [1.82, 2.24) is 10.6 Å². The molecule has 0 radical (unpaired) electrons. The molecule has 2 rings (SSSR count). The van der Waals surface area contributed by atoms with E-state index >= 15 is 0 Å². The maximum atomic E-state index is 12.4.